The first-order chi connectivity index (χ1) is 9.16. The number of hydrogen-bond acceptors (Lipinski definition) is 1. The van der Waals surface area contributed by atoms with Gasteiger partial charge < -0.3 is 5.32 Å². The third kappa shape index (κ3) is 3.93. The minimum atomic E-state index is 0.0242. The number of carbonyl (C=O) groups is 1. The van der Waals surface area contributed by atoms with Crippen LogP contribution in [0.15, 0.2) is 59.1 Å². The molecule has 0 aliphatic rings. The Bertz CT molecular complexity index is 554. The molecule has 1 atom stereocenters. The van der Waals surface area contributed by atoms with Gasteiger partial charge in [-0.15, -0.1) is 0 Å². The molecular formula is C16H16BrNO. The highest BCUT2D eigenvalue weighted by atomic mass is 79.9. The SMILES string of the molecule is CC(NC(=O)Cc1ccccc1Br)c1ccccc1. The van der Waals surface area contributed by atoms with Crippen molar-refractivity contribution in [3.63, 3.8) is 0 Å². The fourth-order valence-corrected chi connectivity index (χ4v) is 2.36. The standard InChI is InChI=1S/C16H16BrNO/c1-12(13-7-3-2-4-8-13)18-16(19)11-14-9-5-6-10-15(14)17/h2-10,12H,11H2,1H3,(H,18,19). The molecule has 0 spiro atoms. The van der Waals surface area contributed by atoms with Crippen LogP contribution in [0.5, 0.6) is 0 Å². The van der Waals surface area contributed by atoms with Gasteiger partial charge in [0.25, 0.3) is 0 Å². The molecular weight excluding hydrogens is 302 g/mol. The second-order valence-electron chi connectivity index (χ2n) is 4.47. The molecule has 0 radical (unpaired) electrons. The Morgan fingerprint density at radius 1 is 1.11 bits per heavy atom. The van der Waals surface area contributed by atoms with Crippen molar-refractivity contribution in [2.75, 3.05) is 0 Å². The minimum Gasteiger partial charge on any atom is -0.349 e. The number of halogens is 1. The maximum absolute atomic E-state index is 12.0. The highest BCUT2D eigenvalue weighted by Gasteiger charge is 2.10. The van der Waals surface area contributed by atoms with Gasteiger partial charge in [-0.05, 0) is 24.1 Å². The fourth-order valence-electron chi connectivity index (χ4n) is 1.93. The number of nitrogens with one attached hydrogen (secondary N) is 1. The topological polar surface area (TPSA) is 29.1 Å². The Labute approximate surface area is 122 Å². The van der Waals surface area contributed by atoms with Crippen LogP contribution in [0.1, 0.15) is 24.1 Å². The second kappa shape index (κ2) is 6.53. The molecule has 0 aliphatic carbocycles. The molecule has 2 aromatic rings. The van der Waals surface area contributed by atoms with E-state index >= 15 is 0 Å². The average Bonchev–Trinajstić information content (AvgIpc) is 2.42. The zero-order valence-electron chi connectivity index (χ0n) is 10.8. The van der Waals surface area contributed by atoms with E-state index in [2.05, 4.69) is 21.2 Å². The van der Waals surface area contributed by atoms with Crippen molar-refractivity contribution >= 4 is 21.8 Å². The van der Waals surface area contributed by atoms with Gasteiger partial charge in [0, 0.05) is 4.47 Å². The first-order valence-electron chi connectivity index (χ1n) is 6.24. The van der Waals surface area contributed by atoms with E-state index in [0.717, 1.165) is 15.6 Å². The lowest BCUT2D eigenvalue weighted by Gasteiger charge is -2.14. The summed E-state index contributed by atoms with van der Waals surface area (Å²) in [6, 6.07) is 17.8. The average molecular weight is 318 g/mol. The first-order valence-corrected chi connectivity index (χ1v) is 7.04. The van der Waals surface area contributed by atoms with Crippen LogP contribution in [0.4, 0.5) is 0 Å². The summed E-state index contributed by atoms with van der Waals surface area (Å²) < 4.78 is 0.970. The fraction of sp³-hybridized carbons (Fsp3) is 0.188. The first kappa shape index (κ1) is 13.8. The number of carbonyl (C=O) groups excluding carboxylic acids is 1. The van der Waals surface area contributed by atoms with Crippen LogP contribution in [0.3, 0.4) is 0 Å². The number of rotatable bonds is 4. The van der Waals surface area contributed by atoms with E-state index in [-0.39, 0.29) is 11.9 Å². The van der Waals surface area contributed by atoms with Gasteiger partial charge in [-0.2, -0.15) is 0 Å². The zero-order chi connectivity index (χ0) is 13.7. The Kier molecular flexibility index (Phi) is 4.74. The molecule has 2 nitrogen and oxygen atoms in total. The maximum Gasteiger partial charge on any atom is 0.224 e. The van der Waals surface area contributed by atoms with Crippen LogP contribution >= 0.6 is 15.9 Å². The van der Waals surface area contributed by atoms with E-state index < -0.39 is 0 Å². The van der Waals surface area contributed by atoms with Crippen molar-refractivity contribution in [1.82, 2.24) is 5.32 Å². The van der Waals surface area contributed by atoms with Gasteiger partial charge >= 0.3 is 0 Å². The highest BCUT2D eigenvalue weighted by molar-refractivity contribution is 9.10. The Morgan fingerprint density at radius 2 is 1.74 bits per heavy atom. The number of benzene rings is 2. The molecule has 0 bridgehead atoms. The lowest BCUT2D eigenvalue weighted by atomic mass is 10.1. The number of hydrogen-bond donors (Lipinski definition) is 1. The lowest BCUT2D eigenvalue weighted by molar-refractivity contribution is -0.121. The third-order valence-corrected chi connectivity index (χ3v) is 3.76. The molecule has 2 aromatic carbocycles. The van der Waals surface area contributed by atoms with E-state index in [9.17, 15) is 4.79 Å². The van der Waals surface area contributed by atoms with Gasteiger partial charge in [-0.25, -0.2) is 0 Å². The monoisotopic (exact) mass is 317 g/mol. The Morgan fingerprint density at radius 3 is 2.42 bits per heavy atom. The lowest BCUT2D eigenvalue weighted by Crippen LogP contribution is -2.28. The molecule has 1 unspecified atom stereocenters. The van der Waals surface area contributed by atoms with Crippen LogP contribution in [0, 0.1) is 0 Å². The summed E-state index contributed by atoms with van der Waals surface area (Å²) in [7, 11) is 0. The summed E-state index contributed by atoms with van der Waals surface area (Å²) in [5.41, 5.74) is 2.11. The predicted molar refractivity (Wildman–Crippen MR) is 80.8 cm³/mol. The van der Waals surface area contributed by atoms with Gasteiger partial charge in [0.15, 0.2) is 0 Å². The molecule has 0 aromatic heterocycles. The largest absolute Gasteiger partial charge is 0.349 e. The van der Waals surface area contributed by atoms with Crippen LogP contribution in [0.2, 0.25) is 0 Å². The molecule has 2 rings (SSSR count). The van der Waals surface area contributed by atoms with Gasteiger partial charge in [0.05, 0.1) is 12.5 Å². The maximum atomic E-state index is 12.0. The van der Waals surface area contributed by atoms with E-state index in [1.165, 1.54) is 0 Å². The van der Waals surface area contributed by atoms with E-state index in [4.69, 9.17) is 0 Å². The smallest absolute Gasteiger partial charge is 0.224 e. The molecule has 1 amide bonds. The van der Waals surface area contributed by atoms with Gasteiger partial charge in [-0.1, -0.05) is 64.5 Å². The van der Waals surface area contributed by atoms with Crippen LogP contribution < -0.4 is 5.32 Å². The summed E-state index contributed by atoms with van der Waals surface area (Å²) in [5, 5.41) is 3.01. The normalized spacial score (nSPS) is 11.9. The minimum absolute atomic E-state index is 0.0242. The quantitative estimate of drug-likeness (QED) is 0.911. The second-order valence-corrected chi connectivity index (χ2v) is 5.32. The molecule has 3 heteroatoms. The summed E-state index contributed by atoms with van der Waals surface area (Å²) in [5.74, 6) is 0.0308. The van der Waals surface area contributed by atoms with Crippen molar-refractivity contribution in [2.24, 2.45) is 0 Å². The Balaban J connectivity index is 1.97. The molecule has 1 N–H and O–H groups in total. The van der Waals surface area contributed by atoms with Crippen molar-refractivity contribution in [3.05, 3.63) is 70.2 Å². The third-order valence-electron chi connectivity index (χ3n) is 2.99. The van der Waals surface area contributed by atoms with Crippen molar-refractivity contribution in [1.29, 1.82) is 0 Å². The van der Waals surface area contributed by atoms with Crippen molar-refractivity contribution in [3.8, 4) is 0 Å². The summed E-state index contributed by atoms with van der Waals surface area (Å²) in [4.78, 5) is 12.0. The molecule has 0 saturated heterocycles. The van der Waals surface area contributed by atoms with Crippen molar-refractivity contribution in [2.45, 2.75) is 19.4 Å². The van der Waals surface area contributed by atoms with Gasteiger partial charge in [0.1, 0.15) is 0 Å². The molecule has 0 aliphatic heterocycles. The van der Waals surface area contributed by atoms with Gasteiger partial charge in [0.2, 0.25) is 5.91 Å². The van der Waals surface area contributed by atoms with Gasteiger partial charge in [-0.3, -0.25) is 4.79 Å². The van der Waals surface area contributed by atoms with Crippen molar-refractivity contribution < 1.29 is 4.79 Å². The molecule has 0 saturated carbocycles. The zero-order valence-corrected chi connectivity index (χ0v) is 12.4. The highest BCUT2D eigenvalue weighted by Crippen LogP contribution is 2.17. The molecule has 0 heterocycles. The molecule has 19 heavy (non-hydrogen) atoms. The van der Waals surface area contributed by atoms with Crippen LogP contribution in [-0.2, 0) is 11.2 Å². The van der Waals surface area contributed by atoms with E-state index in [0.29, 0.717) is 6.42 Å². The summed E-state index contributed by atoms with van der Waals surface area (Å²) in [6.45, 7) is 1.99. The summed E-state index contributed by atoms with van der Waals surface area (Å²) >= 11 is 3.46. The molecule has 0 fully saturated rings. The van der Waals surface area contributed by atoms with E-state index in [1.807, 2.05) is 61.5 Å². The van der Waals surface area contributed by atoms with E-state index in [1.54, 1.807) is 0 Å². The predicted octanol–water partition coefficient (Wildman–Crippen LogP) is 3.87. The Hall–Kier alpha value is -1.61. The molecule has 98 valence electrons. The van der Waals surface area contributed by atoms with Crippen LogP contribution in [0.25, 0.3) is 0 Å². The summed E-state index contributed by atoms with van der Waals surface area (Å²) in [6.07, 6.45) is 0.387. The number of amides is 1. The van der Waals surface area contributed by atoms with Crippen LogP contribution in [-0.4, -0.2) is 5.91 Å².